The van der Waals surface area contributed by atoms with Gasteiger partial charge in [-0.2, -0.15) is 0 Å². The maximum atomic E-state index is 2.41. The van der Waals surface area contributed by atoms with Crippen molar-refractivity contribution < 1.29 is 0 Å². The Morgan fingerprint density at radius 3 is 1.62 bits per heavy atom. The van der Waals surface area contributed by atoms with Crippen LogP contribution in [0.3, 0.4) is 0 Å². The number of rotatable bonds is 6. The van der Waals surface area contributed by atoms with E-state index < -0.39 is 0 Å². The predicted molar refractivity (Wildman–Crippen MR) is 228 cm³/mol. The summed E-state index contributed by atoms with van der Waals surface area (Å²) in [6.07, 6.45) is 0. The molecule has 9 aromatic rings. The van der Waals surface area contributed by atoms with Crippen molar-refractivity contribution in [3.05, 3.63) is 199 Å². The molecule has 0 unspecified atom stereocenters. The Hall–Kier alpha value is -6.22. The Kier molecular flexibility index (Phi) is 7.42. The van der Waals surface area contributed by atoms with Gasteiger partial charge in [0, 0.05) is 31.8 Å². The number of anilines is 3. The average molecular weight is 696 g/mol. The van der Waals surface area contributed by atoms with Crippen LogP contribution in [0, 0.1) is 0 Å². The van der Waals surface area contributed by atoms with E-state index in [4.69, 9.17) is 0 Å². The Morgan fingerprint density at radius 2 is 0.943 bits per heavy atom. The first kappa shape index (κ1) is 31.5. The molecule has 0 atom stereocenters. The summed E-state index contributed by atoms with van der Waals surface area (Å²) in [6, 6.07) is 68.7. The van der Waals surface area contributed by atoms with Crippen LogP contribution in [0.2, 0.25) is 0 Å². The highest BCUT2D eigenvalue weighted by atomic mass is 32.1. The summed E-state index contributed by atoms with van der Waals surface area (Å²) in [4.78, 5) is 3.80. The summed E-state index contributed by atoms with van der Waals surface area (Å²) in [7, 11) is 0. The lowest BCUT2D eigenvalue weighted by Gasteiger charge is -2.27. The Bertz CT molecular complexity index is 2770. The molecule has 0 amide bonds. The summed E-state index contributed by atoms with van der Waals surface area (Å²) in [6.45, 7) is 4.75. The molecule has 0 saturated carbocycles. The van der Waals surface area contributed by atoms with Crippen molar-refractivity contribution in [2.75, 3.05) is 4.90 Å². The van der Waals surface area contributed by atoms with Crippen LogP contribution in [0.25, 0.3) is 64.7 Å². The molecule has 0 bridgehead atoms. The second kappa shape index (κ2) is 12.5. The van der Waals surface area contributed by atoms with Gasteiger partial charge in [-0.15, -0.1) is 11.3 Å². The molecule has 0 aliphatic heterocycles. The highest BCUT2D eigenvalue weighted by Gasteiger charge is 2.38. The molecule has 53 heavy (non-hydrogen) atoms. The van der Waals surface area contributed by atoms with Crippen LogP contribution in [0.1, 0.15) is 25.0 Å². The summed E-state index contributed by atoms with van der Waals surface area (Å²) >= 11 is 1.93. The lowest BCUT2D eigenvalue weighted by Crippen LogP contribution is -2.14. The maximum absolute atomic E-state index is 2.41. The predicted octanol–water partition coefficient (Wildman–Crippen LogP) is 14.8. The van der Waals surface area contributed by atoms with Gasteiger partial charge < -0.3 is 4.90 Å². The minimum Gasteiger partial charge on any atom is -0.310 e. The third-order valence-electron chi connectivity index (χ3n) is 11.1. The molecular formula is C51H37NS. The van der Waals surface area contributed by atoms with Gasteiger partial charge >= 0.3 is 0 Å². The first-order chi connectivity index (χ1) is 26.0. The number of thiophene rings is 1. The zero-order valence-corrected chi connectivity index (χ0v) is 30.6. The third kappa shape index (κ3) is 5.29. The first-order valence-corrected chi connectivity index (χ1v) is 19.2. The molecule has 0 radical (unpaired) electrons. The van der Waals surface area contributed by atoms with E-state index in [0.29, 0.717) is 0 Å². The van der Waals surface area contributed by atoms with E-state index in [0.717, 1.165) is 17.1 Å². The molecule has 1 heterocycles. The summed E-state index contributed by atoms with van der Waals surface area (Å²) < 4.78 is 1.37. The topological polar surface area (TPSA) is 3.24 Å². The number of nitrogens with zero attached hydrogens (tertiary/aromatic N) is 1. The van der Waals surface area contributed by atoms with Crippen molar-refractivity contribution in [1.82, 2.24) is 0 Å². The molecule has 0 fully saturated rings. The van der Waals surface area contributed by atoms with E-state index in [9.17, 15) is 0 Å². The molecule has 252 valence electrons. The SMILES string of the molecule is CC1(C)c2ccc(-c3ccc(-c4ccc(N(c5ccc(-c6ccccc6)cc5)c5cccc6ccccc56)cc4)cc3)cc2-c2sc3ccccc3c21. The highest BCUT2D eigenvalue weighted by Crippen LogP contribution is 2.56. The molecule has 0 saturated heterocycles. The van der Waals surface area contributed by atoms with Crippen LogP contribution < -0.4 is 4.90 Å². The molecule has 0 spiro atoms. The van der Waals surface area contributed by atoms with Crippen molar-refractivity contribution >= 4 is 49.3 Å². The second-order valence-electron chi connectivity index (χ2n) is 14.6. The summed E-state index contributed by atoms with van der Waals surface area (Å²) in [5.74, 6) is 0. The summed E-state index contributed by atoms with van der Waals surface area (Å²) in [5.41, 5.74) is 15.0. The van der Waals surface area contributed by atoms with Crippen LogP contribution >= 0.6 is 11.3 Å². The quantitative estimate of drug-likeness (QED) is 0.167. The van der Waals surface area contributed by atoms with Gasteiger partial charge in [-0.1, -0.05) is 159 Å². The molecule has 1 nitrogen and oxygen atoms in total. The highest BCUT2D eigenvalue weighted by molar-refractivity contribution is 7.22. The minimum atomic E-state index is -0.00633. The Balaban J connectivity index is 0.977. The zero-order valence-electron chi connectivity index (χ0n) is 29.8. The fraction of sp³-hybridized carbons (Fsp3) is 0.0588. The van der Waals surface area contributed by atoms with Gasteiger partial charge in [0.15, 0.2) is 0 Å². The van der Waals surface area contributed by atoms with Crippen molar-refractivity contribution in [2.45, 2.75) is 19.3 Å². The van der Waals surface area contributed by atoms with Crippen LogP contribution in [-0.4, -0.2) is 0 Å². The number of hydrogen-bond acceptors (Lipinski definition) is 2. The zero-order chi connectivity index (χ0) is 35.5. The van der Waals surface area contributed by atoms with Crippen molar-refractivity contribution in [2.24, 2.45) is 0 Å². The third-order valence-corrected chi connectivity index (χ3v) is 12.3. The first-order valence-electron chi connectivity index (χ1n) is 18.3. The monoisotopic (exact) mass is 695 g/mol. The van der Waals surface area contributed by atoms with Crippen molar-refractivity contribution in [3.8, 4) is 43.8 Å². The number of benzene rings is 8. The van der Waals surface area contributed by atoms with Gasteiger partial charge in [-0.25, -0.2) is 0 Å². The van der Waals surface area contributed by atoms with Gasteiger partial charge in [-0.3, -0.25) is 0 Å². The second-order valence-corrected chi connectivity index (χ2v) is 15.6. The standard InChI is InChI=1S/C51H37NS/c1-51(2)46-32-27-40(33-45(46)50-49(51)44-16-8-9-18-48(44)53-50)38-21-19-35(20-22-38)37-25-30-42(31-26-37)52(47-17-10-14-39-13-6-7-15-43(39)47)41-28-23-36(24-29-41)34-11-4-3-5-12-34/h3-33H,1-2H3. The molecule has 8 aromatic carbocycles. The number of hydrogen-bond donors (Lipinski definition) is 0. The molecule has 10 rings (SSSR count). The van der Waals surface area contributed by atoms with E-state index >= 15 is 0 Å². The van der Waals surface area contributed by atoms with Gasteiger partial charge in [-0.05, 0) is 103 Å². The molecule has 1 aliphatic carbocycles. The van der Waals surface area contributed by atoms with Crippen LogP contribution in [-0.2, 0) is 5.41 Å². The van der Waals surface area contributed by atoms with Crippen LogP contribution in [0.15, 0.2) is 188 Å². The van der Waals surface area contributed by atoms with E-state index in [2.05, 4.69) is 207 Å². The fourth-order valence-electron chi connectivity index (χ4n) is 8.37. The maximum Gasteiger partial charge on any atom is 0.0540 e. The molecule has 0 N–H and O–H groups in total. The van der Waals surface area contributed by atoms with Gasteiger partial charge in [0.2, 0.25) is 0 Å². The minimum absolute atomic E-state index is 0.00633. The van der Waals surface area contributed by atoms with Gasteiger partial charge in [0.1, 0.15) is 0 Å². The Morgan fingerprint density at radius 1 is 0.434 bits per heavy atom. The summed E-state index contributed by atoms with van der Waals surface area (Å²) in [5, 5.41) is 3.84. The van der Waals surface area contributed by atoms with E-state index in [1.54, 1.807) is 0 Å². The van der Waals surface area contributed by atoms with E-state index in [1.807, 2.05) is 11.3 Å². The normalized spacial score (nSPS) is 12.9. The molecule has 1 aliphatic rings. The average Bonchev–Trinajstić information content (AvgIpc) is 3.72. The lowest BCUT2D eigenvalue weighted by molar-refractivity contribution is 0.667. The Labute approximate surface area is 315 Å². The van der Waals surface area contributed by atoms with Crippen LogP contribution in [0.5, 0.6) is 0 Å². The van der Waals surface area contributed by atoms with Gasteiger partial charge in [0.25, 0.3) is 0 Å². The number of fused-ring (bicyclic) bond motifs is 6. The van der Waals surface area contributed by atoms with Gasteiger partial charge in [0.05, 0.1) is 5.69 Å². The van der Waals surface area contributed by atoms with Crippen molar-refractivity contribution in [1.29, 1.82) is 0 Å². The van der Waals surface area contributed by atoms with Crippen molar-refractivity contribution in [3.63, 3.8) is 0 Å². The molecule has 1 aromatic heterocycles. The van der Waals surface area contributed by atoms with E-state index in [1.165, 1.54) is 75.8 Å². The lowest BCUT2D eigenvalue weighted by atomic mass is 9.81. The smallest absolute Gasteiger partial charge is 0.0540 e. The van der Waals surface area contributed by atoms with Crippen LogP contribution in [0.4, 0.5) is 17.1 Å². The molecular weight excluding hydrogens is 659 g/mol. The largest absolute Gasteiger partial charge is 0.310 e. The molecule has 2 heteroatoms. The fourth-order valence-corrected chi connectivity index (χ4v) is 9.76. The van der Waals surface area contributed by atoms with E-state index in [-0.39, 0.29) is 5.41 Å².